The number of rotatable bonds is 10. The molecule has 0 saturated heterocycles. The SMILES string of the molecule is C=CCNC(=NCCn1cnnc1CC)NCCOc1ccccc1. The van der Waals surface area contributed by atoms with Crippen LogP contribution in [-0.4, -0.2) is 47.0 Å². The normalized spacial score (nSPS) is 11.2. The van der Waals surface area contributed by atoms with Gasteiger partial charge in [-0.2, -0.15) is 0 Å². The van der Waals surface area contributed by atoms with Crippen molar-refractivity contribution in [2.24, 2.45) is 4.99 Å². The van der Waals surface area contributed by atoms with E-state index in [1.54, 1.807) is 12.4 Å². The van der Waals surface area contributed by atoms with Gasteiger partial charge in [0.05, 0.1) is 13.1 Å². The van der Waals surface area contributed by atoms with E-state index in [1.165, 1.54) is 0 Å². The number of benzene rings is 1. The first kappa shape index (κ1) is 18.5. The minimum atomic E-state index is 0.560. The number of aromatic nitrogens is 3. The van der Waals surface area contributed by atoms with Crippen LogP contribution < -0.4 is 15.4 Å². The molecule has 0 aliphatic rings. The molecule has 2 N–H and O–H groups in total. The molecule has 0 amide bonds. The molecule has 7 heteroatoms. The quantitative estimate of drug-likeness (QED) is 0.297. The lowest BCUT2D eigenvalue weighted by molar-refractivity contribution is 0.322. The lowest BCUT2D eigenvalue weighted by Crippen LogP contribution is -2.39. The van der Waals surface area contributed by atoms with E-state index >= 15 is 0 Å². The van der Waals surface area contributed by atoms with Gasteiger partial charge in [-0.25, -0.2) is 0 Å². The Morgan fingerprint density at radius 1 is 1.32 bits per heavy atom. The largest absolute Gasteiger partial charge is 0.492 e. The highest BCUT2D eigenvalue weighted by Gasteiger charge is 2.01. The van der Waals surface area contributed by atoms with Gasteiger partial charge in [-0.3, -0.25) is 4.99 Å². The number of nitrogens with one attached hydrogen (secondary N) is 2. The van der Waals surface area contributed by atoms with Crippen molar-refractivity contribution in [2.75, 3.05) is 26.2 Å². The second-order valence-corrected chi connectivity index (χ2v) is 5.28. The van der Waals surface area contributed by atoms with Gasteiger partial charge in [0.2, 0.25) is 0 Å². The number of ether oxygens (including phenoxy) is 1. The smallest absolute Gasteiger partial charge is 0.191 e. The summed E-state index contributed by atoms with van der Waals surface area (Å²) in [5.41, 5.74) is 0. The molecule has 1 aromatic carbocycles. The number of guanidine groups is 1. The number of aryl methyl sites for hydroxylation is 1. The maximum Gasteiger partial charge on any atom is 0.191 e. The molecule has 0 fully saturated rings. The second-order valence-electron chi connectivity index (χ2n) is 5.28. The molecule has 25 heavy (non-hydrogen) atoms. The van der Waals surface area contributed by atoms with E-state index < -0.39 is 0 Å². The highest BCUT2D eigenvalue weighted by atomic mass is 16.5. The standard InChI is InChI=1S/C18H26N6O/c1-3-10-19-18(20-11-13-24-15-22-23-17(24)4-2)21-12-14-25-16-8-6-5-7-9-16/h3,5-9,15H,1,4,10-14H2,2H3,(H2,19,20,21). The lowest BCUT2D eigenvalue weighted by Gasteiger charge is -2.12. The van der Waals surface area contributed by atoms with Crippen molar-refractivity contribution in [3.05, 3.63) is 55.1 Å². The fourth-order valence-electron chi connectivity index (χ4n) is 2.21. The number of hydrogen-bond donors (Lipinski definition) is 2. The summed E-state index contributed by atoms with van der Waals surface area (Å²) >= 11 is 0. The second kappa shape index (κ2) is 10.9. The monoisotopic (exact) mass is 342 g/mol. The molecule has 2 aromatic rings. The van der Waals surface area contributed by atoms with Gasteiger partial charge >= 0.3 is 0 Å². The van der Waals surface area contributed by atoms with Crippen LogP contribution in [0.1, 0.15) is 12.7 Å². The maximum atomic E-state index is 5.67. The highest BCUT2D eigenvalue weighted by Crippen LogP contribution is 2.07. The van der Waals surface area contributed by atoms with Crippen molar-refractivity contribution in [3.8, 4) is 5.75 Å². The van der Waals surface area contributed by atoms with Crippen molar-refractivity contribution in [1.29, 1.82) is 0 Å². The Hall–Kier alpha value is -2.83. The Kier molecular flexibility index (Phi) is 8.03. The summed E-state index contributed by atoms with van der Waals surface area (Å²) in [5, 5.41) is 14.5. The lowest BCUT2D eigenvalue weighted by atomic mass is 10.3. The molecule has 0 aliphatic carbocycles. The molecule has 134 valence electrons. The zero-order valence-electron chi connectivity index (χ0n) is 14.7. The molecule has 0 aliphatic heterocycles. The van der Waals surface area contributed by atoms with E-state index in [0.717, 1.165) is 30.5 Å². The summed E-state index contributed by atoms with van der Waals surface area (Å²) in [6.45, 7) is 9.04. The minimum Gasteiger partial charge on any atom is -0.492 e. The Balaban J connectivity index is 1.77. The van der Waals surface area contributed by atoms with Crippen LogP contribution in [0.3, 0.4) is 0 Å². The van der Waals surface area contributed by atoms with Crippen LogP contribution in [0, 0.1) is 0 Å². The minimum absolute atomic E-state index is 0.560. The van der Waals surface area contributed by atoms with Crippen LogP contribution in [0.5, 0.6) is 5.75 Å². The van der Waals surface area contributed by atoms with Crippen LogP contribution in [0.4, 0.5) is 0 Å². The highest BCUT2D eigenvalue weighted by molar-refractivity contribution is 5.79. The number of hydrogen-bond acceptors (Lipinski definition) is 4. The van der Waals surface area contributed by atoms with Crippen molar-refractivity contribution in [1.82, 2.24) is 25.4 Å². The average Bonchev–Trinajstić information content (AvgIpc) is 3.11. The van der Waals surface area contributed by atoms with Crippen LogP contribution in [0.15, 0.2) is 54.3 Å². The molecule has 1 heterocycles. The Morgan fingerprint density at radius 3 is 2.92 bits per heavy atom. The molecular weight excluding hydrogens is 316 g/mol. The average molecular weight is 342 g/mol. The summed E-state index contributed by atoms with van der Waals surface area (Å²) in [4.78, 5) is 4.57. The van der Waals surface area contributed by atoms with E-state index in [-0.39, 0.29) is 0 Å². The van der Waals surface area contributed by atoms with Crippen LogP contribution in [-0.2, 0) is 13.0 Å². The summed E-state index contributed by atoms with van der Waals surface area (Å²) in [5.74, 6) is 2.57. The van der Waals surface area contributed by atoms with E-state index in [1.807, 2.05) is 34.9 Å². The van der Waals surface area contributed by atoms with Crippen LogP contribution in [0.25, 0.3) is 0 Å². The van der Waals surface area contributed by atoms with Crippen molar-refractivity contribution in [3.63, 3.8) is 0 Å². The Bertz CT molecular complexity index is 653. The molecule has 7 nitrogen and oxygen atoms in total. The topological polar surface area (TPSA) is 76.4 Å². The van der Waals surface area contributed by atoms with Crippen LogP contribution in [0.2, 0.25) is 0 Å². The van der Waals surface area contributed by atoms with Gasteiger partial charge in [-0.1, -0.05) is 31.2 Å². The van der Waals surface area contributed by atoms with E-state index in [9.17, 15) is 0 Å². The summed E-state index contributed by atoms with van der Waals surface area (Å²) < 4.78 is 7.69. The predicted octanol–water partition coefficient (Wildman–Crippen LogP) is 1.64. The van der Waals surface area contributed by atoms with E-state index in [0.29, 0.717) is 26.2 Å². The van der Waals surface area contributed by atoms with Gasteiger partial charge in [0.1, 0.15) is 24.5 Å². The molecule has 0 unspecified atom stereocenters. The Morgan fingerprint density at radius 2 is 2.16 bits per heavy atom. The maximum absolute atomic E-state index is 5.67. The molecule has 2 rings (SSSR count). The van der Waals surface area contributed by atoms with Gasteiger partial charge in [-0.15, -0.1) is 16.8 Å². The van der Waals surface area contributed by atoms with Crippen LogP contribution >= 0.6 is 0 Å². The third-order valence-electron chi connectivity index (χ3n) is 3.44. The molecule has 0 spiro atoms. The number of nitrogens with zero attached hydrogens (tertiary/aromatic N) is 4. The first-order valence-electron chi connectivity index (χ1n) is 8.51. The molecule has 0 saturated carbocycles. The number of para-hydroxylation sites is 1. The third-order valence-corrected chi connectivity index (χ3v) is 3.44. The zero-order valence-corrected chi connectivity index (χ0v) is 14.7. The summed E-state index contributed by atoms with van der Waals surface area (Å²) in [6.07, 6.45) is 4.40. The summed E-state index contributed by atoms with van der Waals surface area (Å²) in [7, 11) is 0. The van der Waals surface area contributed by atoms with E-state index in [2.05, 4.69) is 39.3 Å². The Labute approximate surface area is 148 Å². The first-order chi connectivity index (χ1) is 12.3. The fraction of sp³-hybridized carbons (Fsp3) is 0.389. The van der Waals surface area contributed by atoms with Gasteiger partial charge in [0.25, 0.3) is 0 Å². The van der Waals surface area contributed by atoms with Gasteiger partial charge in [0.15, 0.2) is 5.96 Å². The molecule has 1 aromatic heterocycles. The zero-order chi connectivity index (χ0) is 17.7. The fourth-order valence-corrected chi connectivity index (χ4v) is 2.21. The van der Waals surface area contributed by atoms with Gasteiger partial charge < -0.3 is 19.9 Å². The van der Waals surface area contributed by atoms with Gasteiger partial charge in [0, 0.05) is 19.5 Å². The number of aliphatic imine (C=N–C) groups is 1. The molecule has 0 bridgehead atoms. The third kappa shape index (κ3) is 6.66. The van der Waals surface area contributed by atoms with Crippen molar-refractivity contribution < 1.29 is 4.74 Å². The molecule has 0 radical (unpaired) electrons. The van der Waals surface area contributed by atoms with Crippen molar-refractivity contribution >= 4 is 5.96 Å². The van der Waals surface area contributed by atoms with Crippen molar-refractivity contribution in [2.45, 2.75) is 19.9 Å². The predicted molar refractivity (Wildman–Crippen MR) is 99.8 cm³/mol. The molecule has 0 atom stereocenters. The van der Waals surface area contributed by atoms with E-state index in [4.69, 9.17) is 4.74 Å². The molecular formula is C18H26N6O. The first-order valence-corrected chi connectivity index (χ1v) is 8.51. The summed E-state index contributed by atoms with van der Waals surface area (Å²) in [6, 6.07) is 9.76. The van der Waals surface area contributed by atoms with Gasteiger partial charge in [-0.05, 0) is 12.1 Å².